The van der Waals surface area contributed by atoms with Crippen LogP contribution in [0.25, 0.3) is 0 Å². The van der Waals surface area contributed by atoms with Crippen LogP contribution in [0.15, 0.2) is 48.5 Å². The first kappa shape index (κ1) is 30.8. The molecule has 0 aliphatic carbocycles. The second-order valence-corrected chi connectivity index (χ2v) is 12.7. The molecule has 0 aromatic heterocycles. The molecule has 2 N–H and O–H groups in total. The van der Waals surface area contributed by atoms with Gasteiger partial charge in [0.2, 0.25) is 5.91 Å². The van der Waals surface area contributed by atoms with Crippen LogP contribution in [-0.2, 0) is 4.79 Å². The highest BCUT2D eigenvalue weighted by molar-refractivity contribution is 6.42. The van der Waals surface area contributed by atoms with E-state index in [1.54, 1.807) is 18.2 Å². The summed E-state index contributed by atoms with van der Waals surface area (Å²) < 4.78 is 0. The molecule has 5 atom stereocenters. The van der Waals surface area contributed by atoms with E-state index >= 15 is 0 Å². The normalized spacial score (nSPS) is 24.9. The van der Waals surface area contributed by atoms with E-state index in [-0.39, 0.29) is 23.9 Å². The lowest BCUT2D eigenvalue weighted by atomic mass is 9.91. The summed E-state index contributed by atoms with van der Waals surface area (Å²) in [6.45, 7) is 11.7. The van der Waals surface area contributed by atoms with E-state index in [1.165, 1.54) is 12.0 Å². The highest BCUT2D eigenvalue weighted by atomic mass is 35.5. The lowest BCUT2D eigenvalue weighted by molar-refractivity contribution is -0.133. The van der Waals surface area contributed by atoms with Gasteiger partial charge in [-0.25, -0.2) is 0 Å². The van der Waals surface area contributed by atoms with E-state index in [1.807, 2.05) is 6.07 Å². The molecule has 2 aliphatic heterocycles. The van der Waals surface area contributed by atoms with Crippen LogP contribution in [0.1, 0.15) is 68.3 Å². The minimum absolute atomic E-state index is 0.0123. The second-order valence-electron chi connectivity index (χ2n) is 11.8. The Morgan fingerprint density at radius 1 is 1.07 bits per heavy atom. The van der Waals surface area contributed by atoms with Gasteiger partial charge in [-0.1, -0.05) is 74.3 Å². The molecule has 0 bridgehead atoms. The summed E-state index contributed by atoms with van der Waals surface area (Å²) in [5, 5.41) is 7.46. The Labute approximate surface area is 249 Å². The zero-order valence-corrected chi connectivity index (χ0v) is 25.6. The van der Waals surface area contributed by atoms with E-state index < -0.39 is 0 Å². The topological polar surface area (TPSA) is 64.7 Å². The third kappa shape index (κ3) is 8.45. The minimum atomic E-state index is -0.282. The molecule has 0 saturated carbocycles. The van der Waals surface area contributed by atoms with Crippen LogP contribution in [0.5, 0.6) is 0 Å². The number of nitrogens with one attached hydrogen (secondary N) is 2. The van der Waals surface area contributed by atoms with E-state index in [2.05, 4.69) is 65.5 Å². The van der Waals surface area contributed by atoms with Gasteiger partial charge >= 0.3 is 0 Å². The first-order valence-electron chi connectivity index (χ1n) is 14.8. The Kier molecular flexibility index (Phi) is 11.3. The predicted octanol–water partition coefficient (Wildman–Crippen LogP) is 5.84. The van der Waals surface area contributed by atoms with E-state index in [0.29, 0.717) is 53.0 Å². The Balaban J connectivity index is 1.44. The fourth-order valence-electron chi connectivity index (χ4n) is 6.33. The summed E-state index contributed by atoms with van der Waals surface area (Å²) in [6, 6.07) is 15.1. The van der Waals surface area contributed by atoms with Crippen molar-refractivity contribution < 1.29 is 9.59 Å². The molecule has 8 heteroatoms. The van der Waals surface area contributed by atoms with Crippen LogP contribution in [-0.4, -0.2) is 73.0 Å². The number of likely N-dealkylation sites (tertiary alicyclic amines) is 1. The Morgan fingerprint density at radius 2 is 1.80 bits per heavy atom. The summed E-state index contributed by atoms with van der Waals surface area (Å²) >= 11 is 12.1. The summed E-state index contributed by atoms with van der Waals surface area (Å²) in [6.07, 6.45) is 3.77. The first-order valence-corrected chi connectivity index (χ1v) is 15.5. The molecule has 3 unspecified atom stereocenters. The van der Waals surface area contributed by atoms with Gasteiger partial charge in [0.25, 0.3) is 5.91 Å². The molecule has 2 saturated heterocycles. The molecule has 2 heterocycles. The molecule has 2 fully saturated rings. The van der Waals surface area contributed by atoms with Gasteiger partial charge in [-0.3, -0.25) is 9.59 Å². The lowest BCUT2D eigenvalue weighted by Gasteiger charge is -2.36. The van der Waals surface area contributed by atoms with Gasteiger partial charge in [0.1, 0.15) is 0 Å². The second kappa shape index (κ2) is 14.7. The SMILES string of the molecule is CCC(CN1CC[C@@H](CNC(=O)c2ccc(Cl)c(Cl)c2)N[C@@H](CCN2CC(C)CC(C)C2)C1=O)c1ccccc1. The van der Waals surface area contributed by atoms with Crippen LogP contribution in [0.2, 0.25) is 10.0 Å². The summed E-state index contributed by atoms with van der Waals surface area (Å²) in [7, 11) is 0. The smallest absolute Gasteiger partial charge is 0.251 e. The van der Waals surface area contributed by atoms with Gasteiger partial charge in [-0.05, 0) is 61.3 Å². The lowest BCUT2D eigenvalue weighted by Crippen LogP contribution is -2.51. The van der Waals surface area contributed by atoms with E-state index in [9.17, 15) is 9.59 Å². The van der Waals surface area contributed by atoms with Crippen molar-refractivity contribution in [3.8, 4) is 0 Å². The number of benzene rings is 2. The third-order valence-electron chi connectivity index (χ3n) is 8.37. The molecule has 218 valence electrons. The largest absolute Gasteiger partial charge is 0.350 e. The minimum Gasteiger partial charge on any atom is -0.350 e. The van der Waals surface area contributed by atoms with Crippen molar-refractivity contribution in [2.24, 2.45) is 11.8 Å². The third-order valence-corrected chi connectivity index (χ3v) is 9.11. The number of nitrogens with zero attached hydrogens (tertiary/aromatic N) is 2. The number of rotatable bonds is 10. The van der Waals surface area contributed by atoms with E-state index in [4.69, 9.17) is 23.2 Å². The quantitative estimate of drug-likeness (QED) is 0.367. The average Bonchev–Trinajstić information content (AvgIpc) is 3.08. The molecule has 40 heavy (non-hydrogen) atoms. The fourth-order valence-corrected chi connectivity index (χ4v) is 6.63. The maximum absolute atomic E-state index is 13.9. The standard InChI is InChI=1S/C32H44Cl2N4O2/c1-4-24(25-8-6-5-7-9-25)21-38-15-12-27(18-35-31(39)26-10-11-28(33)29(34)17-26)36-30(32(38)40)13-14-37-19-22(2)16-23(3)20-37/h5-11,17,22-24,27,30,36H,4,12-16,18-21H2,1-3H3,(H,35,39)/t22?,23?,24?,27-,30-/m0/s1. The van der Waals surface area contributed by atoms with Crippen molar-refractivity contribution in [3.05, 3.63) is 69.7 Å². The van der Waals surface area contributed by atoms with Crippen molar-refractivity contribution in [2.45, 2.75) is 64.5 Å². The molecular weight excluding hydrogens is 543 g/mol. The van der Waals surface area contributed by atoms with Gasteiger partial charge < -0.3 is 20.4 Å². The maximum Gasteiger partial charge on any atom is 0.251 e. The number of hydrogen-bond donors (Lipinski definition) is 2. The molecule has 2 aromatic carbocycles. The van der Waals surface area contributed by atoms with Crippen LogP contribution < -0.4 is 10.6 Å². The molecular formula is C32H44Cl2N4O2. The number of amides is 2. The summed E-state index contributed by atoms with van der Waals surface area (Å²) in [5.41, 5.74) is 1.74. The number of halogens is 2. The Bertz CT molecular complexity index is 1120. The Hall–Kier alpha value is -2.12. The average molecular weight is 588 g/mol. The summed E-state index contributed by atoms with van der Waals surface area (Å²) in [5.74, 6) is 1.62. The van der Waals surface area contributed by atoms with Crippen LogP contribution >= 0.6 is 23.2 Å². The van der Waals surface area contributed by atoms with Gasteiger partial charge in [0.15, 0.2) is 0 Å². The molecule has 0 spiro atoms. The molecule has 2 amide bonds. The van der Waals surface area contributed by atoms with Crippen molar-refractivity contribution in [1.29, 1.82) is 0 Å². The maximum atomic E-state index is 13.9. The van der Waals surface area contributed by atoms with Crippen LogP contribution in [0, 0.1) is 11.8 Å². The molecule has 2 aromatic rings. The zero-order chi connectivity index (χ0) is 28.6. The predicted molar refractivity (Wildman–Crippen MR) is 164 cm³/mol. The number of carbonyl (C=O) groups excluding carboxylic acids is 2. The van der Waals surface area contributed by atoms with Crippen molar-refractivity contribution in [2.75, 3.05) is 39.3 Å². The van der Waals surface area contributed by atoms with E-state index in [0.717, 1.165) is 38.9 Å². The molecule has 2 aliphatic rings. The fraction of sp³-hybridized carbons (Fsp3) is 0.562. The zero-order valence-electron chi connectivity index (χ0n) is 24.0. The van der Waals surface area contributed by atoms with Crippen molar-refractivity contribution in [3.63, 3.8) is 0 Å². The van der Waals surface area contributed by atoms with Crippen molar-refractivity contribution >= 4 is 35.0 Å². The molecule has 6 nitrogen and oxygen atoms in total. The number of carbonyl (C=O) groups is 2. The molecule has 0 radical (unpaired) electrons. The van der Waals surface area contributed by atoms with Crippen LogP contribution in [0.3, 0.4) is 0 Å². The van der Waals surface area contributed by atoms with Gasteiger partial charge in [-0.15, -0.1) is 0 Å². The summed E-state index contributed by atoms with van der Waals surface area (Å²) in [4.78, 5) is 31.4. The first-order chi connectivity index (χ1) is 19.2. The Morgan fingerprint density at radius 3 is 2.48 bits per heavy atom. The number of piperidine rings is 1. The number of hydrogen-bond acceptors (Lipinski definition) is 4. The van der Waals surface area contributed by atoms with Gasteiger partial charge in [0, 0.05) is 56.8 Å². The van der Waals surface area contributed by atoms with Crippen molar-refractivity contribution in [1.82, 2.24) is 20.4 Å². The van der Waals surface area contributed by atoms with Gasteiger partial charge in [-0.2, -0.15) is 0 Å². The monoisotopic (exact) mass is 586 g/mol. The highest BCUT2D eigenvalue weighted by Crippen LogP contribution is 2.25. The van der Waals surface area contributed by atoms with Gasteiger partial charge in [0.05, 0.1) is 16.1 Å². The van der Waals surface area contributed by atoms with Crippen LogP contribution in [0.4, 0.5) is 0 Å². The highest BCUT2D eigenvalue weighted by Gasteiger charge is 2.33. The molecule has 4 rings (SSSR count).